The van der Waals surface area contributed by atoms with Crippen molar-refractivity contribution in [1.82, 2.24) is 15.0 Å². The van der Waals surface area contributed by atoms with Crippen LogP contribution >= 0.6 is 11.6 Å². The van der Waals surface area contributed by atoms with Crippen molar-refractivity contribution in [2.24, 2.45) is 5.73 Å². The zero-order valence-electron chi connectivity index (χ0n) is 13.4. The van der Waals surface area contributed by atoms with Crippen molar-refractivity contribution in [1.29, 1.82) is 0 Å². The molecule has 0 bridgehead atoms. The Kier molecular flexibility index (Phi) is 4.67. The van der Waals surface area contributed by atoms with Crippen molar-refractivity contribution in [2.75, 3.05) is 5.32 Å². The fourth-order valence-electron chi connectivity index (χ4n) is 2.53. The Morgan fingerprint density at radius 3 is 2.92 bits per heavy atom. The van der Waals surface area contributed by atoms with Gasteiger partial charge >= 0.3 is 0 Å². The fourth-order valence-corrected chi connectivity index (χ4v) is 2.71. The van der Waals surface area contributed by atoms with Crippen LogP contribution in [-0.2, 0) is 11.2 Å². The van der Waals surface area contributed by atoms with Gasteiger partial charge in [-0.1, -0.05) is 11.6 Å². The molecule has 8 heteroatoms. The number of hydrogen-bond donors (Lipinski definition) is 3. The topological polar surface area (TPSA) is 114 Å². The number of primary amides is 1. The van der Waals surface area contributed by atoms with Crippen molar-refractivity contribution in [3.8, 4) is 0 Å². The molecule has 2 aromatic heterocycles. The summed E-state index contributed by atoms with van der Waals surface area (Å²) in [6.07, 6.45) is 1.56. The SMILES string of the molecule is C[C@H](Nc1nccc(CC(N)=O)n1)c1cc2cc(Cl)ccc2[nH]c1=O. The highest BCUT2D eigenvalue weighted by molar-refractivity contribution is 6.31. The number of H-pyrrole nitrogens is 1. The molecule has 3 rings (SSSR count). The van der Waals surface area contributed by atoms with E-state index in [2.05, 4.69) is 20.3 Å². The summed E-state index contributed by atoms with van der Waals surface area (Å²) < 4.78 is 0. The lowest BCUT2D eigenvalue weighted by Crippen LogP contribution is -2.21. The molecule has 3 aromatic rings. The highest BCUT2D eigenvalue weighted by Gasteiger charge is 2.13. The van der Waals surface area contributed by atoms with Crippen LogP contribution in [0.5, 0.6) is 0 Å². The average Bonchev–Trinajstić information content (AvgIpc) is 2.54. The Hall–Kier alpha value is -2.93. The lowest BCUT2D eigenvalue weighted by molar-refractivity contribution is -0.117. The molecular formula is C17H16ClN5O2. The molecule has 0 aliphatic rings. The number of hydrogen-bond acceptors (Lipinski definition) is 5. The molecule has 0 aliphatic heterocycles. The van der Waals surface area contributed by atoms with Crippen molar-refractivity contribution >= 4 is 34.4 Å². The molecule has 1 atom stereocenters. The minimum atomic E-state index is -0.472. The molecular weight excluding hydrogens is 342 g/mol. The van der Waals surface area contributed by atoms with Crippen molar-refractivity contribution < 1.29 is 4.79 Å². The number of carbonyl (C=O) groups is 1. The van der Waals surface area contributed by atoms with E-state index in [1.807, 2.05) is 6.92 Å². The molecule has 0 saturated heterocycles. The van der Waals surface area contributed by atoms with Gasteiger partial charge in [0.25, 0.3) is 5.56 Å². The Morgan fingerprint density at radius 2 is 2.16 bits per heavy atom. The summed E-state index contributed by atoms with van der Waals surface area (Å²) in [4.78, 5) is 34.5. The van der Waals surface area contributed by atoms with E-state index in [-0.39, 0.29) is 18.0 Å². The predicted molar refractivity (Wildman–Crippen MR) is 96.5 cm³/mol. The van der Waals surface area contributed by atoms with Gasteiger partial charge in [0, 0.05) is 27.7 Å². The monoisotopic (exact) mass is 357 g/mol. The van der Waals surface area contributed by atoms with Crippen molar-refractivity contribution in [3.05, 3.63) is 63.2 Å². The number of fused-ring (bicyclic) bond motifs is 1. The normalized spacial score (nSPS) is 12.1. The van der Waals surface area contributed by atoms with Gasteiger partial charge in [0.15, 0.2) is 0 Å². The van der Waals surface area contributed by atoms with E-state index in [1.54, 1.807) is 30.3 Å². The lowest BCUT2D eigenvalue weighted by atomic mass is 10.1. The predicted octanol–water partition coefficient (Wildman–Crippen LogP) is 2.17. The van der Waals surface area contributed by atoms with E-state index in [1.165, 1.54) is 6.20 Å². The van der Waals surface area contributed by atoms with Crippen LogP contribution in [0.15, 0.2) is 41.3 Å². The zero-order chi connectivity index (χ0) is 18.0. The molecule has 1 aromatic carbocycles. The third-order valence-corrected chi connectivity index (χ3v) is 3.95. The van der Waals surface area contributed by atoms with E-state index in [0.717, 1.165) is 5.39 Å². The van der Waals surface area contributed by atoms with Crippen molar-refractivity contribution in [3.63, 3.8) is 0 Å². The molecule has 0 saturated carbocycles. The molecule has 0 spiro atoms. The molecule has 2 heterocycles. The summed E-state index contributed by atoms with van der Waals surface area (Å²) in [6.45, 7) is 1.82. The third kappa shape index (κ3) is 3.95. The Labute approximate surface area is 148 Å². The summed E-state index contributed by atoms with van der Waals surface area (Å²) in [7, 11) is 0. The van der Waals surface area contributed by atoms with E-state index in [4.69, 9.17) is 17.3 Å². The van der Waals surface area contributed by atoms with Gasteiger partial charge in [-0.05, 0) is 37.3 Å². The smallest absolute Gasteiger partial charge is 0.253 e. The summed E-state index contributed by atoms with van der Waals surface area (Å²) in [5.74, 6) is -0.155. The molecule has 7 nitrogen and oxygen atoms in total. The van der Waals surface area contributed by atoms with Gasteiger partial charge in [-0.3, -0.25) is 9.59 Å². The number of aromatic amines is 1. The van der Waals surface area contributed by atoms with Crippen LogP contribution in [0, 0.1) is 0 Å². The number of pyridine rings is 1. The molecule has 4 N–H and O–H groups in total. The minimum absolute atomic E-state index is 0.0284. The molecule has 0 radical (unpaired) electrons. The fraction of sp³-hybridized carbons (Fsp3) is 0.176. The Balaban J connectivity index is 1.89. The first-order valence-electron chi connectivity index (χ1n) is 7.61. The van der Waals surface area contributed by atoms with Gasteiger partial charge < -0.3 is 16.0 Å². The first-order chi connectivity index (χ1) is 11.9. The number of carbonyl (C=O) groups excluding carboxylic acids is 1. The number of halogens is 1. The number of nitrogens with one attached hydrogen (secondary N) is 2. The van der Waals surface area contributed by atoms with Gasteiger partial charge in [-0.15, -0.1) is 0 Å². The standard InChI is InChI=1S/C17H16ClN5O2/c1-9(21-17-20-5-4-12(22-17)8-15(19)24)13-7-10-6-11(18)2-3-14(10)23-16(13)25/h2-7,9H,8H2,1H3,(H2,19,24)(H,23,25)(H,20,21,22)/t9-/m0/s1. The molecule has 0 aliphatic carbocycles. The number of amides is 1. The largest absolute Gasteiger partial charge is 0.369 e. The maximum atomic E-state index is 12.3. The summed E-state index contributed by atoms with van der Waals surface area (Å²) in [5, 5.41) is 4.49. The highest BCUT2D eigenvalue weighted by Crippen LogP contribution is 2.20. The number of benzene rings is 1. The quantitative estimate of drug-likeness (QED) is 0.647. The van der Waals surface area contributed by atoms with Gasteiger partial charge in [-0.25, -0.2) is 9.97 Å². The van der Waals surface area contributed by atoms with Crippen LogP contribution < -0.4 is 16.6 Å². The summed E-state index contributed by atoms with van der Waals surface area (Å²) in [6, 6.07) is 8.32. The first-order valence-corrected chi connectivity index (χ1v) is 7.99. The van der Waals surface area contributed by atoms with Gasteiger partial charge in [0.05, 0.1) is 18.2 Å². The lowest BCUT2D eigenvalue weighted by Gasteiger charge is -2.14. The van der Waals surface area contributed by atoms with E-state index in [0.29, 0.717) is 27.7 Å². The Morgan fingerprint density at radius 1 is 1.36 bits per heavy atom. The van der Waals surface area contributed by atoms with Gasteiger partial charge in [0.1, 0.15) is 0 Å². The van der Waals surface area contributed by atoms with E-state index < -0.39 is 5.91 Å². The third-order valence-electron chi connectivity index (χ3n) is 3.72. The second kappa shape index (κ2) is 6.90. The molecule has 0 fully saturated rings. The number of rotatable bonds is 5. The highest BCUT2D eigenvalue weighted by atomic mass is 35.5. The van der Waals surface area contributed by atoms with Crippen LogP contribution in [0.4, 0.5) is 5.95 Å². The molecule has 25 heavy (non-hydrogen) atoms. The van der Waals surface area contributed by atoms with Crippen LogP contribution in [0.1, 0.15) is 24.2 Å². The zero-order valence-corrected chi connectivity index (χ0v) is 14.2. The number of anilines is 1. The Bertz CT molecular complexity index is 1000. The van der Waals surface area contributed by atoms with E-state index >= 15 is 0 Å². The van der Waals surface area contributed by atoms with E-state index in [9.17, 15) is 9.59 Å². The van der Waals surface area contributed by atoms with Crippen LogP contribution in [0.2, 0.25) is 5.02 Å². The second-order valence-corrected chi connectivity index (χ2v) is 6.10. The van der Waals surface area contributed by atoms with Crippen LogP contribution in [0.3, 0.4) is 0 Å². The number of nitrogens with two attached hydrogens (primary N) is 1. The first kappa shape index (κ1) is 16.9. The average molecular weight is 358 g/mol. The summed E-state index contributed by atoms with van der Waals surface area (Å²) in [5.41, 5.74) is 6.72. The molecule has 1 amide bonds. The number of aromatic nitrogens is 3. The maximum Gasteiger partial charge on any atom is 0.253 e. The second-order valence-electron chi connectivity index (χ2n) is 5.67. The molecule has 128 valence electrons. The van der Waals surface area contributed by atoms with Crippen molar-refractivity contribution in [2.45, 2.75) is 19.4 Å². The summed E-state index contributed by atoms with van der Waals surface area (Å²) >= 11 is 6.01. The minimum Gasteiger partial charge on any atom is -0.369 e. The maximum absolute atomic E-state index is 12.3. The van der Waals surface area contributed by atoms with Crippen LogP contribution in [-0.4, -0.2) is 20.9 Å². The molecule has 0 unspecified atom stereocenters. The van der Waals surface area contributed by atoms with Crippen LogP contribution in [0.25, 0.3) is 10.9 Å². The number of nitrogens with zero attached hydrogens (tertiary/aromatic N) is 2. The van der Waals surface area contributed by atoms with Gasteiger partial charge in [0.2, 0.25) is 11.9 Å². The van der Waals surface area contributed by atoms with Gasteiger partial charge in [-0.2, -0.15) is 0 Å².